The van der Waals surface area contributed by atoms with Gasteiger partial charge in [-0.1, -0.05) is 0 Å². The summed E-state index contributed by atoms with van der Waals surface area (Å²) in [7, 11) is 0. The normalized spacial score (nSPS) is 12.1. The third kappa shape index (κ3) is 1.88. The minimum Gasteiger partial charge on any atom is -0.269 e. The SMILES string of the molecule is Cc1cnc2nc(C(F)(F)F)c(C)c(=O)n2c1. The highest BCUT2D eigenvalue weighted by Gasteiger charge is 2.36. The van der Waals surface area contributed by atoms with Gasteiger partial charge in [-0.2, -0.15) is 13.2 Å². The first-order chi connectivity index (χ1) is 7.80. The summed E-state index contributed by atoms with van der Waals surface area (Å²) in [6, 6.07) is 0. The van der Waals surface area contributed by atoms with E-state index in [2.05, 4.69) is 9.97 Å². The fourth-order valence-corrected chi connectivity index (χ4v) is 1.49. The molecule has 0 aliphatic rings. The second-order valence-electron chi connectivity index (χ2n) is 3.69. The Kier molecular flexibility index (Phi) is 2.41. The van der Waals surface area contributed by atoms with E-state index in [9.17, 15) is 18.0 Å². The van der Waals surface area contributed by atoms with Gasteiger partial charge >= 0.3 is 6.18 Å². The Labute approximate surface area is 93.8 Å². The van der Waals surface area contributed by atoms with Crippen LogP contribution in [0.4, 0.5) is 13.2 Å². The summed E-state index contributed by atoms with van der Waals surface area (Å²) in [5, 5.41) is 0. The first-order valence-electron chi connectivity index (χ1n) is 4.73. The highest BCUT2D eigenvalue weighted by molar-refractivity contribution is 5.34. The fourth-order valence-electron chi connectivity index (χ4n) is 1.49. The van der Waals surface area contributed by atoms with Crippen LogP contribution in [-0.4, -0.2) is 14.4 Å². The molecular weight excluding hydrogens is 235 g/mol. The molecule has 0 spiro atoms. The van der Waals surface area contributed by atoms with E-state index in [-0.39, 0.29) is 5.78 Å². The number of nitrogens with zero attached hydrogens (tertiary/aromatic N) is 3. The predicted octanol–water partition coefficient (Wildman–Crippen LogP) is 1.73. The lowest BCUT2D eigenvalue weighted by molar-refractivity contribution is -0.141. The monoisotopic (exact) mass is 243 g/mol. The molecule has 17 heavy (non-hydrogen) atoms. The molecular formula is C10H8F3N3O. The molecule has 90 valence electrons. The van der Waals surface area contributed by atoms with Crippen LogP contribution < -0.4 is 5.56 Å². The van der Waals surface area contributed by atoms with E-state index in [0.29, 0.717) is 5.56 Å². The zero-order valence-electron chi connectivity index (χ0n) is 9.04. The second kappa shape index (κ2) is 3.54. The van der Waals surface area contributed by atoms with Gasteiger partial charge in [0.15, 0.2) is 5.69 Å². The van der Waals surface area contributed by atoms with Crippen LogP contribution in [0.25, 0.3) is 5.78 Å². The smallest absolute Gasteiger partial charge is 0.269 e. The minimum absolute atomic E-state index is 0.251. The highest BCUT2D eigenvalue weighted by Crippen LogP contribution is 2.28. The molecule has 7 heteroatoms. The number of alkyl halides is 3. The van der Waals surface area contributed by atoms with Crippen molar-refractivity contribution in [1.29, 1.82) is 0 Å². The first kappa shape index (κ1) is 11.6. The lowest BCUT2D eigenvalue weighted by atomic mass is 10.2. The average Bonchev–Trinajstić information content (AvgIpc) is 2.22. The van der Waals surface area contributed by atoms with Crippen molar-refractivity contribution in [2.45, 2.75) is 20.0 Å². The van der Waals surface area contributed by atoms with Gasteiger partial charge in [-0.3, -0.25) is 9.20 Å². The standard InChI is InChI=1S/C10H8F3N3O/c1-5-3-14-9-15-7(10(11,12)13)6(2)8(17)16(9)4-5/h3-4H,1-2H3. The first-order valence-corrected chi connectivity index (χ1v) is 4.73. The summed E-state index contributed by atoms with van der Waals surface area (Å²) in [6.07, 6.45) is -1.88. The molecule has 2 heterocycles. The van der Waals surface area contributed by atoms with E-state index in [0.717, 1.165) is 11.3 Å². The minimum atomic E-state index is -4.65. The highest BCUT2D eigenvalue weighted by atomic mass is 19.4. The maximum absolute atomic E-state index is 12.6. The number of halogens is 3. The summed E-state index contributed by atoms with van der Waals surface area (Å²) in [5.74, 6) is -0.251. The van der Waals surface area contributed by atoms with Crippen LogP contribution in [0.5, 0.6) is 0 Å². The maximum atomic E-state index is 12.6. The van der Waals surface area contributed by atoms with E-state index in [1.165, 1.54) is 12.4 Å². The molecule has 0 saturated heterocycles. The van der Waals surface area contributed by atoms with Gasteiger partial charge in [-0.05, 0) is 19.4 Å². The zero-order chi connectivity index (χ0) is 12.8. The average molecular weight is 243 g/mol. The van der Waals surface area contributed by atoms with E-state index >= 15 is 0 Å². The molecule has 0 bridgehead atoms. The molecule has 2 rings (SSSR count). The van der Waals surface area contributed by atoms with Gasteiger partial charge in [0.2, 0.25) is 5.78 Å². The van der Waals surface area contributed by atoms with Crippen LogP contribution in [0.3, 0.4) is 0 Å². The van der Waals surface area contributed by atoms with Crippen LogP contribution in [0.1, 0.15) is 16.8 Å². The lowest BCUT2D eigenvalue weighted by Gasteiger charge is -2.10. The molecule has 0 aliphatic carbocycles. The third-order valence-electron chi connectivity index (χ3n) is 2.31. The molecule has 0 fully saturated rings. The molecule has 4 nitrogen and oxygen atoms in total. The predicted molar refractivity (Wildman–Crippen MR) is 53.7 cm³/mol. The second-order valence-corrected chi connectivity index (χ2v) is 3.69. The Morgan fingerprint density at radius 3 is 2.53 bits per heavy atom. The van der Waals surface area contributed by atoms with Crippen molar-refractivity contribution in [3.8, 4) is 0 Å². The van der Waals surface area contributed by atoms with Crippen molar-refractivity contribution in [2.24, 2.45) is 0 Å². The maximum Gasteiger partial charge on any atom is 0.433 e. The van der Waals surface area contributed by atoms with Gasteiger partial charge in [-0.25, -0.2) is 9.97 Å². The number of aromatic nitrogens is 3. The van der Waals surface area contributed by atoms with E-state index < -0.39 is 23.0 Å². The van der Waals surface area contributed by atoms with Gasteiger partial charge in [0, 0.05) is 18.0 Å². The largest absolute Gasteiger partial charge is 0.433 e. The molecule has 2 aromatic rings. The van der Waals surface area contributed by atoms with Crippen LogP contribution in [0.2, 0.25) is 0 Å². The Hall–Kier alpha value is -1.92. The number of rotatable bonds is 0. The number of fused-ring (bicyclic) bond motifs is 1. The Bertz CT molecular complexity index is 646. The van der Waals surface area contributed by atoms with Crippen LogP contribution in [0.15, 0.2) is 17.2 Å². The van der Waals surface area contributed by atoms with E-state index in [4.69, 9.17) is 0 Å². The lowest BCUT2D eigenvalue weighted by Crippen LogP contribution is -2.25. The van der Waals surface area contributed by atoms with E-state index in [1.807, 2.05) is 0 Å². The summed E-state index contributed by atoms with van der Waals surface area (Å²) in [6.45, 7) is 2.79. The molecule has 0 atom stereocenters. The molecule has 0 saturated carbocycles. The van der Waals surface area contributed by atoms with Gasteiger partial charge in [0.25, 0.3) is 5.56 Å². The molecule has 2 aromatic heterocycles. The summed E-state index contributed by atoms with van der Waals surface area (Å²) in [4.78, 5) is 18.8. The molecule has 0 aliphatic heterocycles. The van der Waals surface area contributed by atoms with Gasteiger partial charge in [-0.15, -0.1) is 0 Å². The molecule has 0 unspecified atom stereocenters. The summed E-state index contributed by atoms with van der Waals surface area (Å²) < 4.78 is 38.8. The quantitative estimate of drug-likeness (QED) is 0.707. The number of hydrogen-bond acceptors (Lipinski definition) is 3. The molecule has 0 radical (unpaired) electrons. The van der Waals surface area contributed by atoms with Crippen LogP contribution >= 0.6 is 0 Å². The summed E-state index contributed by atoms with van der Waals surface area (Å²) >= 11 is 0. The van der Waals surface area contributed by atoms with Crippen molar-refractivity contribution in [1.82, 2.24) is 14.4 Å². The molecule has 0 N–H and O–H groups in total. The molecule has 0 amide bonds. The third-order valence-corrected chi connectivity index (χ3v) is 2.31. The Morgan fingerprint density at radius 1 is 1.29 bits per heavy atom. The van der Waals surface area contributed by atoms with Gasteiger partial charge in [0.05, 0.1) is 0 Å². The van der Waals surface area contributed by atoms with Crippen molar-refractivity contribution < 1.29 is 13.2 Å². The topological polar surface area (TPSA) is 47.3 Å². The fraction of sp³-hybridized carbons (Fsp3) is 0.300. The van der Waals surface area contributed by atoms with Gasteiger partial charge < -0.3 is 0 Å². The van der Waals surface area contributed by atoms with Crippen molar-refractivity contribution in [2.75, 3.05) is 0 Å². The van der Waals surface area contributed by atoms with Crippen LogP contribution in [0, 0.1) is 13.8 Å². The Morgan fingerprint density at radius 2 is 1.94 bits per heavy atom. The zero-order valence-corrected chi connectivity index (χ0v) is 9.04. The van der Waals surface area contributed by atoms with Crippen molar-refractivity contribution in [3.05, 3.63) is 39.6 Å². The molecule has 0 aromatic carbocycles. The number of hydrogen-bond donors (Lipinski definition) is 0. The van der Waals surface area contributed by atoms with Gasteiger partial charge in [0.1, 0.15) is 0 Å². The van der Waals surface area contributed by atoms with E-state index in [1.54, 1.807) is 6.92 Å². The van der Waals surface area contributed by atoms with Crippen molar-refractivity contribution >= 4 is 5.78 Å². The van der Waals surface area contributed by atoms with Crippen LogP contribution in [-0.2, 0) is 6.18 Å². The number of aryl methyl sites for hydroxylation is 1. The summed E-state index contributed by atoms with van der Waals surface area (Å²) in [5.41, 5.74) is -1.69. The van der Waals surface area contributed by atoms with Crippen molar-refractivity contribution in [3.63, 3.8) is 0 Å². The Balaban J connectivity index is 2.90.